The van der Waals surface area contributed by atoms with Crippen LogP contribution in [0, 0.1) is 0 Å². The van der Waals surface area contributed by atoms with Gasteiger partial charge in [-0.05, 0) is 124 Å². The van der Waals surface area contributed by atoms with Crippen molar-refractivity contribution in [3.05, 3.63) is 309 Å². The van der Waals surface area contributed by atoms with Gasteiger partial charge in [-0.2, -0.15) is 0 Å². The lowest BCUT2D eigenvalue weighted by atomic mass is 9.89. The van der Waals surface area contributed by atoms with Gasteiger partial charge in [-0.3, -0.25) is 0 Å². The molecule has 0 aromatic heterocycles. The Balaban J connectivity index is 1.02. The lowest BCUT2D eigenvalue weighted by Crippen LogP contribution is -1.98. The van der Waals surface area contributed by atoms with E-state index in [-0.39, 0.29) is 0 Å². The molecule has 0 radical (unpaired) electrons. The van der Waals surface area contributed by atoms with Gasteiger partial charge >= 0.3 is 0 Å². The molecular weight excluding hydrogens is 857 g/mol. The smallest absolute Gasteiger partial charge is 0.0972 e. The van der Waals surface area contributed by atoms with Crippen LogP contribution in [0.5, 0.6) is 0 Å². The molecule has 4 N–H and O–H groups in total. The van der Waals surface area contributed by atoms with Crippen molar-refractivity contribution >= 4 is 44.6 Å². The first-order chi connectivity index (χ1) is 34.4. The van der Waals surface area contributed by atoms with Crippen LogP contribution in [0.25, 0.3) is 44.6 Å². The maximum atomic E-state index is 11.5. The largest absolute Gasteiger partial charge is 0.384 e. The average molecular weight is 909 g/mol. The number of rotatable bonds is 4. The van der Waals surface area contributed by atoms with Gasteiger partial charge in [-0.25, -0.2) is 0 Å². The van der Waals surface area contributed by atoms with Crippen molar-refractivity contribution in [2.75, 3.05) is 0 Å². The van der Waals surface area contributed by atoms with Crippen molar-refractivity contribution in [1.82, 2.24) is 0 Å². The molecule has 0 amide bonds. The van der Waals surface area contributed by atoms with E-state index in [2.05, 4.69) is 146 Å². The number of hydrogen-bond donors (Lipinski definition) is 4. The molecule has 4 unspecified atom stereocenters. The highest BCUT2D eigenvalue weighted by Crippen LogP contribution is 2.53. The number of aliphatic hydroxyl groups excluding tert-OH is 4. The quantitative estimate of drug-likeness (QED) is 0.133. The molecule has 0 aliphatic heterocycles. The van der Waals surface area contributed by atoms with Gasteiger partial charge in [0.05, 0.1) is 24.4 Å². The molecule has 0 heterocycles. The molecule has 9 aliphatic carbocycles. The zero-order valence-electron chi connectivity index (χ0n) is 38.6. The first-order valence-electron chi connectivity index (χ1n) is 24.0. The second-order valence-electron chi connectivity index (χ2n) is 18.3. The van der Waals surface area contributed by atoms with Crippen molar-refractivity contribution in [2.24, 2.45) is 0 Å². The highest BCUT2D eigenvalue weighted by Gasteiger charge is 2.30. The van der Waals surface area contributed by atoms with E-state index in [9.17, 15) is 20.4 Å². The van der Waals surface area contributed by atoms with Crippen molar-refractivity contribution < 1.29 is 20.4 Å². The van der Waals surface area contributed by atoms with Crippen LogP contribution in [0.15, 0.2) is 243 Å². The Morgan fingerprint density at radius 3 is 0.586 bits per heavy atom. The zero-order chi connectivity index (χ0) is 47.6. The average Bonchev–Trinajstić information content (AvgIpc) is 4.03. The molecule has 4 heteroatoms. The van der Waals surface area contributed by atoms with Crippen LogP contribution >= 0.6 is 0 Å². The molecule has 4 atom stereocenters. The van der Waals surface area contributed by atoms with Gasteiger partial charge in [0.25, 0.3) is 0 Å². The second-order valence-corrected chi connectivity index (χ2v) is 18.3. The fraction of sp³-hybridized carbons (Fsp3) is 0.0909. The Hall–Kier alpha value is -7.96. The molecule has 17 rings (SSSR count). The van der Waals surface area contributed by atoms with Crippen LogP contribution in [0.4, 0.5) is 0 Å². The highest BCUT2D eigenvalue weighted by atomic mass is 16.3. The minimum absolute atomic E-state index is 0.670. The summed E-state index contributed by atoms with van der Waals surface area (Å²) in [5.41, 5.74) is 20.9. The van der Waals surface area contributed by atoms with Gasteiger partial charge in [-0.15, -0.1) is 0 Å². The first kappa shape index (κ1) is 44.5. The molecule has 340 valence electrons. The molecule has 12 bridgehead atoms. The van der Waals surface area contributed by atoms with Gasteiger partial charge in [-0.1, -0.05) is 243 Å². The Kier molecular flexibility index (Phi) is 12.5. The molecule has 0 saturated carbocycles. The summed E-state index contributed by atoms with van der Waals surface area (Å²) in [5.74, 6) is 0. The predicted molar refractivity (Wildman–Crippen MR) is 286 cm³/mol. The molecule has 0 saturated heterocycles. The Bertz CT molecular complexity index is 2890. The van der Waals surface area contributed by atoms with Gasteiger partial charge in [0.15, 0.2) is 0 Å². The summed E-state index contributed by atoms with van der Waals surface area (Å²) >= 11 is 0. The summed E-state index contributed by atoms with van der Waals surface area (Å²) in [6.07, 6.45) is 4.29. The normalized spacial score (nSPS) is 20.2. The lowest BCUT2D eigenvalue weighted by molar-refractivity contribution is 0.212. The van der Waals surface area contributed by atoms with Crippen molar-refractivity contribution in [1.29, 1.82) is 0 Å². The van der Waals surface area contributed by atoms with E-state index in [0.717, 1.165) is 89.1 Å². The van der Waals surface area contributed by atoms with E-state index >= 15 is 0 Å². The molecule has 8 aromatic rings. The molecule has 4 nitrogen and oxygen atoms in total. The number of benzene rings is 8. The van der Waals surface area contributed by atoms with E-state index in [0.29, 0.717) is 12.8 Å². The minimum atomic E-state index is -0.929. The van der Waals surface area contributed by atoms with E-state index in [1.807, 2.05) is 72.8 Å². The third-order valence-electron chi connectivity index (χ3n) is 14.0. The summed E-state index contributed by atoms with van der Waals surface area (Å²) in [6.45, 7) is 0. The van der Waals surface area contributed by atoms with Crippen LogP contribution in [0.3, 0.4) is 0 Å². The summed E-state index contributed by atoms with van der Waals surface area (Å²) < 4.78 is 0. The third-order valence-corrected chi connectivity index (χ3v) is 14.0. The molecule has 70 heavy (non-hydrogen) atoms. The molecule has 0 fully saturated rings. The Morgan fingerprint density at radius 2 is 0.400 bits per heavy atom. The maximum absolute atomic E-state index is 11.5. The Labute approximate surface area is 409 Å². The van der Waals surface area contributed by atoms with Crippen LogP contribution in [-0.2, 0) is 0 Å². The SMILES string of the molecule is OC1/C=C\C(O)c2ccc(cc2)C2=C(c3ccccc3)C(c3ccccc3)=C(C2)c2ccc(cc2)C(O)/C=C\C(O)c2ccc(cc2)C2=C(c3ccccc3)C(c3ccccc3)=C(C2)c2ccc1cc2. The minimum Gasteiger partial charge on any atom is -0.384 e. The Morgan fingerprint density at radius 1 is 0.214 bits per heavy atom. The fourth-order valence-corrected chi connectivity index (χ4v) is 10.4. The summed E-state index contributed by atoms with van der Waals surface area (Å²) in [4.78, 5) is 0. The van der Waals surface area contributed by atoms with Gasteiger partial charge in [0.1, 0.15) is 0 Å². The second kappa shape index (κ2) is 19.6. The number of hydrogen-bond acceptors (Lipinski definition) is 4. The summed E-state index contributed by atoms with van der Waals surface area (Å²) in [5, 5.41) is 46.0. The van der Waals surface area contributed by atoms with Crippen molar-refractivity contribution in [2.45, 2.75) is 37.3 Å². The molecule has 9 aliphatic rings. The van der Waals surface area contributed by atoms with E-state index in [1.165, 1.54) is 22.3 Å². The number of allylic oxidation sites excluding steroid dienone is 8. The number of aliphatic hydroxyl groups is 4. The molecule has 8 aromatic carbocycles. The maximum Gasteiger partial charge on any atom is 0.0972 e. The molecule has 0 spiro atoms. The van der Waals surface area contributed by atoms with Crippen LogP contribution in [0.2, 0.25) is 0 Å². The standard InChI is InChI=1S/C66H52O4/c67-59-37-38-61(69)49-33-25-45(26-34-49)57-42-58(66(54-19-11-4-12-20-54)65(57)53-17-9-3-10-18-53)46-27-35-50(36-28-46)62(70)40-39-60(68)48-31-23-44(24-32-48)56-41-55(43-21-29-47(59)30-22-43)63(51-13-5-1-6-14-51)64(56)52-15-7-2-8-16-52/h1-40,59-62,67-70H,41-42H2/b38-37-,40-39-. The van der Waals surface area contributed by atoms with Gasteiger partial charge < -0.3 is 20.4 Å². The van der Waals surface area contributed by atoms with Crippen LogP contribution < -0.4 is 0 Å². The first-order valence-corrected chi connectivity index (χ1v) is 24.0. The topological polar surface area (TPSA) is 80.9 Å². The summed E-state index contributed by atoms with van der Waals surface area (Å²) in [6, 6.07) is 74.5. The third kappa shape index (κ3) is 8.82. The van der Waals surface area contributed by atoms with Crippen molar-refractivity contribution in [3.8, 4) is 0 Å². The van der Waals surface area contributed by atoms with E-state index in [4.69, 9.17) is 0 Å². The highest BCUT2D eigenvalue weighted by molar-refractivity contribution is 6.28. The fourth-order valence-electron chi connectivity index (χ4n) is 10.4. The molecular formula is C66H52O4. The van der Waals surface area contributed by atoms with Crippen LogP contribution in [-0.4, -0.2) is 20.4 Å². The van der Waals surface area contributed by atoms with Crippen LogP contribution in [0.1, 0.15) is 104 Å². The monoisotopic (exact) mass is 908 g/mol. The predicted octanol–water partition coefficient (Wildman–Crippen LogP) is 14.5. The van der Waals surface area contributed by atoms with Gasteiger partial charge in [0.2, 0.25) is 0 Å². The van der Waals surface area contributed by atoms with E-state index < -0.39 is 24.4 Å². The zero-order valence-corrected chi connectivity index (χ0v) is 38.6. The lowest BCUT2D eigenvalue weighted by Gasteiger charge is -2.15. The van der Waals surface area contributed by atoms with E-state index in [1.54, 1.807) is 24.3 Å². The van der Waals surface area contributed by atoms with Gasteiger partial charge in [0, 0.05) is 0 Å². The summed E-state index contributed by atoms with van der Waals surface area (Å²) in [7, 11) is 0. The van der Waals surface area contributed by atoms with Crippen molar-refractivity contribution in [3.63, 3.8) is 0 Å².